The molecule has 3 rings (SSSR count). The van der Waals surface area contributed by atoms with Gasteiger partial charge >= 0.3 is 5.97 Å². The molecular formula is C21H28O4. The summed E-state index contributed by atoms with van der Waals surface area (Å²) in [4.78, 5) is 12.7. The SMILES string of the molecule is CCc1cc(C)c(C2=C(O)C3(CCC(OC)CC3)OC2=O)c(CC)c1. The summed E-state index contributed by atoms with van der Waals surface area (Å²) < 4.78 is 11.2. The number of aliphatic hydroxyl groups excluding tert-OH is 1. The van der Waals surface area contributed by atoms with E-state index in [-0.39, 0.29) is 11.9 Å². The highest BCUT2D eigenvalue weighted by Crippen LogP contribution is 2.46. The zero-order valence-electron chi connectivity index (χ0n) is 15.6. The first-order valence-corrected chi connectivity index (χ1v) is 9.28. The van der Waals surface area contributed by atoms with Crippen molar-refractivity contribution < 1.29 is 19.4 Å². The van der Waals surface area contributed by atoms with Gasteiger partial charge in [0, 0.05) is 7.11 Å². The number of methoxy groups -OCH3 is 1. The van der Waals surface area contributed by atoms with Crippen LogP contribution in [0.2, 0.25) is 0 Å². The zero-order valence-corrected chi connectivity index (χ0v) is 15.6. The van der Waals surface area contributed by atoms with Gasteiger partial charge in [-0.05, 0) is 67.7 Å². The molecule has 1 spiro atoms. The largest absolute Gasteiger partial charge is 0.507 e. The number of aliphatic hydroxyl groups is 1. The molecule has 1 aliphatic heterocycles. The van der Waals surface area contributed by atoms with Crippen molar-refractivity contribution in [1.29, 1.82) is 0 Å². The second-order valence-corrected chi connectivity index (χ2v) is 7.20. The van der Waals surface area contributed by atoms with Gasteiger partial charge in [0.2, 0.25) is 0 Å². The molecule has 0 aromatic heterocycles. The van der Waals surface area contributed by atoms with Gasteiger partial charge in [-0.3, -0.25) is 0 Å². The van der Waals surface area contributed by atoms with Crippen molar-refractivity contribution in [2.45, 2.75) is 71.0 Å². The fourth-order valence-electron chi connectivity index (χ4n) is 4.24. The van der Waals surface area contributed by atoms with Gasteiger partial charge in [0.1, 0.15) is 5.57 Å². The fraction of sp³-hybridized carbons (Fsp3) is 0.571. The molecule has 0 atom stereocenters. The number of esters is 1. The third-order valence-electron chi connectivity index (χ3n) is 5.75. The van der Waals surface area contributed by atoms with Crippen LogP contribution in [0.15, 0.2) is 17.9 Å². The Bertz CT molecular complexity index is 709. The molecule has 0 unspecified atom stereocenters. The van der Waals surface area contributed by atoms with Crippen LogP contribution in [0.25, 0.3) is 5.57 Å². The minimum Gasteiger partial charge on any atom is -0.507 e. The summed E-state index contributed by atoms with van der Waals surface area (Å²) in [7, 11) is 1.70. The molecule has 1 N–H and O–H groups in total. The minimum atomic E-state index is -0.859. The molecule has 1 aromatic rings. The van der Waals surface area contributed by atoms with Crippen LogP contribution in [-0.4, -0.2) is 29.9 Å². The molecule has 0 bridgehead atoms. The quantitative estimate of drug-likeness (QED) is 0.829. The van der Waals surface area contributed by atoms with Gasteiger partial charge < -0.3 is 14.6 Å². The molecule has 0 radical (unpaired) electrons. The van der Waals surface area contributed by atoms with Crippen LogP contribution in [0.5, 0.6) is 0 Å². The number of aryl methyl sites for hydroxylation is 3. The summed E-state index contributed by atoms with van der Waals surface area (Å²) in [5, 5.41) is 11.0. The summed E-state index contributed by atoms with van der Waals surface area (Å²) >= 11 is 0. The molecule has 1 saturated carbocycles. The molecule has 1 heterocycles. The predicted molar refractivity (Wildman–Crippen MR) is 97.6 cm³/mol. The van der Waals surface area contributed by atoms with E-state index in [4.69, 9.17) is 9.47 Å². The fourth-order valence-corrected chi connectivity index (χ4v) is 4.24. The number of carbonyl (C=O) groups is 1. The van der Waals surface area contributed by atoms with Crippen LogP contribution < -0.4 is 0 Å². The van der Waals surface area contributed by atoms with Crippen LogP contribution in [0.1, 0.15) is 61.8 Å². The molecular weight excluding hydrogens is 316 g/mol. The van der Waals surface area contributed by atoms with Gasteiger partial charge in [0.15, 0.2) is 11.4 Å². The Morgan fingerprint density at radius 3 is 2.48 bits per heavy atom. The number of benzene rings is 1. The first-order chi connectivity index (χ1) is 12.0. The van der Waals surface area contributed by atoms with Crippen molar-refractivity contribution >= 4 is 11.5 Å². The Morgan fingerprint density at radius 1 is 1.24 bits per heavy atom. The monoisotopic (exact) mass is 344 g/mol. The van der Waals surface area contributed by atoms with Gasteiger partial charge in [-0.25, -0.2) is 4.79 Å². The highest BCUT2D eigenvalue weighted by Gasteiger charge is 2.50. The molecule has 4 heteroatoms. The summed E-state index contributed by atoms with van der Waals surface area (Å²) in [6, 6.07) is 4.25. The lowest BCUT2D eigenvalue weighted by Gasteiger charge is -2.35. The number of rotatable bonds is 4. The number of hydrogen-bond donors (Lipinski definition) is 1. The maximum Gasteiger partial charge on any atom is 0.343 e. The molecule has 136 valence electrons. The van der Waals surface area contributed by atoms with E-state index < -0.39 is 11.6 Å². The molecule has 1 aromatic carbocycles. The van der Waals surface area contributed by atoms with Gasteiger partial charge in [-0.2, -0.15) is 0 Å². The van der Waals surface area contributed by atoms with Crippen molar-refractivity contribution in [2.24, 2.45) is 0 Å². The molecule has 1 fully saturated rings. The molecule has 25 heavy (non-hydrogen) atoms. The lowest BCUT2D eigenvalue weighted by Crippen LogP contribution is -2.38. The lowest BCUT2D eigenvalue weighted by atomic mass is 9.80. The highest BCUT2D eigenvalue weighted by atomic mass is 16.6. The van der Waals surface area contributed by atoms with Gasteiger partial charge in [-0.15, -0.1) is 0 Å². The average molecular weight is 344 g/mol. The second kappa shape index (κ2) is 6.83. The van der Waals surface area contributed by atoms with E-state index >= 15 is 0 Å². The Morgan fingerprint density at radius 2 is 1.92 bits per heavy atom. The van der Waals surface area contributed by atoms with Gasteiger partial charge in [-0.1, -0.05) is 26.0 Å². The molecule has 0 amide bonds. The zero-order chi connectivity index (χ0) is 18.2. The van der Waals surface area contributed by atoms with Gasteiger partial charge in [0.25, 0.3) is 0 Å². The molecule has 1 aliphatic carbocycles. The Balaban J connectivity index is 2.06. The predicted octanol–water partition coefficient (Wildman–Crippen LogP) is 4.27. The van der Waals surface area contributed by atoms with Crippen molar-refractivity contribution in [3.8, 4) is 0 Å². The van der Waals surface area contributed by atoms with Crippen LogP contribution >= 0.6 is 0 Å². The maximum absolute atomic E-state index is 12.7. The number of carbonyl (C=O) groups excluding carboxylic acids is 1. The Labute approximate surface area is 149 Å². The summed E-state index contributed by atoms with van der Waals surface area (Å²) in [5.74, 6) is -0.274. The summed E-state index contributed by atoms with van der Waals surface area (Å²) in [5.41, 5.74) is 3.73. The normalized spacial score (nSPS) is 26.4. The molecule has 0 saturated heterocycles. The van der Waals surface area contributed by atoms with Crippen LogP contribution in [0, 0.1) is 6.92 Å². The van der Waals surface area contributed by atoms with Crippen molar-refractivity contribution in [2.75, 3.05) is 7.11 Å². The van der Waals surface area contributed by atoms with Crippen LogP contribution in [0.3, 0.4) is 0 Å². The highest BCUT2D eigenvalue weighted by molar-refractivity contribution is 6.20. The van der Waals surface area contributed by atoms with E-state index in [1.807, 2.05) is 6.92 Å². The second-order valence-electron chi connectivity index (χ2n) is 7.20. The number of hydrogen-bond acceptors (Lipinski definition) is 4. The smallest absolute Gasteiger partial charge is 0.343 e. The van der Waals surface area contributed by atoms with E-state index in [0.29, 0.717) is 18.4 Å². The first-order valence-electron chi connectivity index (χ1n) is 9.28. The average Bonchev–Trinajstić information content (AvgIpc) is 2.85. The standard InChI is InChI=1S/C21H28O4/c1-5-14-11-13(3)17(15(6-2)12-14)18-19(22)21(25-20(18)23)9-7-16(24-4)8-10-21/h11-12,16,22H,5-10H2,1-4H3. The third kappa shape index (κ3) is 2.97. The topological polar surface area (TPSA) is 55.8 Å². The van der Waals surface area contributed by atoms with E-state index in [2.05, 4.69) is 26.0 Å². The maximum atomic E-state index is 12.7. The van der Waals surface area contributed by atoms with E-state index in [9.17, 15) is 9.90 Å². The van der Waals surface area contributed by atoms with E-state index in [1.54, 1.807) is 7.11 Å². The van der Waals surface area contributed by atoms with Crippen molar-refractivity contribution in [3.63, 3.8) is 0 Å². The summed E-state index contributed by atoms with van der Waals surface area (Å²) in [6.07, 6.45) is 4.74. The number of ether oxygens (including phenoxy) is 2. The Hall–Kier alpha value is -1.81. The third-order valence-corrected chi connectivity index (χ3v) is 5.75. The minimum absolute atomic E-state index is 0.120. The van der Waals surface area contributed by atoms with E-state index in [0.717, 1.165) is 42.4 Å². The van der Waals surface area contributed by atoms with E-state index in [1.165, 1.54) is 5.56 Å². The molecule has 4 nitrogen and oxygen atoms in total. The molecule has 2 aliphatic rings. The van der Waals surface area contributed by atoms with Crippen molar-refractivity contribution in [3.05, 3.63) is 40.1 Å². The van der Waals surface area contributed by atoms with Gasteiger partial charge in [0.05, 0.1) is 6.10 Å². The van der Waals surface area contributed by atoms with Crippen LogP contribution in [0.4, 0.5) is 0 Å². The Kier molecular flexibility index (Phi) is 4.92. The summed E-state index contributed by atoms with van der Waals surface area (Å²) in [6.45, 7) is 6.21. The lowest BCUT2D eigenvalue weighted by molar-refractivity contribution is -0.151. The van der Waals surface area contributed by atoms with Crippen molar-refractivity contribution in [1.82, 2.24) is 0 Å². The van der Waals surface area contributed by atoms with Crippen LogP contribution in [-0.2, 0) is 27.1 Å². The first kappa shape index (κ1) is 18.0.